The van der Waals surface area contributed by atoms with Crippen molar-refractivity contribution in [3.63, 3.8) is 0 Å². The summed E-state index contributed by atoms with van der Waals surface area (Å²) in [5.41, 5.74) is 1.15. The predicted molar refractivity (Wildman–Crippen MR) is 107 cm³/mol. The lowest BCUT2D eigenvalue weighted by Gasteiger charge is -2.20. The molecule has 7 heteroatoms. The van der Waals surface area contributed by atoms with Crippen LogP contribution in [-0.4, -0.2) is 25.5 Å². The fraction of sp³-hybridized carbons (Fsp3) is 0.350. The van der Waals surface area contributed by atoms with E-state index in [1.807, 2.05) is 44.2 Å². The lowest BCUT2D eigenvalue weighted by atomic mass is 10.1. The molecule has 2 rings (SSSR count). The Balaban J connectivity index is 2.39. The van der Waals surface area contributed by atoms with Crippen molar-refractivity contribution < 1.29 is 18.3 Å². The zero-order chi connectivity index (χ0) is 20.0. The molecule has 27 heavy (non-hydrogen) atoms. The summed E-state index contributed by atoms with van der Waals surface area (Å²) >= 11 is 0. The van der Waals surface area contributed by atoms with E-state index in [0.717, 1.165) is 18.4 Å². The third kappa shape index (κ3) is 5.55. The number of rotatable bonds is 9. The molecule has 0 aliphatic rings. The third-order valence-corrected chi connectivity index (χ3v) is 5.85. The Morgan fingerprint density at radius 2 is 1.78 bits per heavy atom. The number of hydrogen-bond acceptors (Lipinski definition) is 4. The topological polar surface area (TPSA) is 95.5 Å². The highest BCUT2D eigenvalue weighted by atomic mass is 32.2. The molecule has 0 aromatic heterocycles. The summed E-state index contributed by atoms with van der Waals surface area (Å²) < 4.78 is 28.7. The molecule has 2 aromatic rings. The summed E-state index contributed by atoms with van der Waals surface area (Å²) in [6.07, 6.45) is 1.82. The maximum Gasteiger partial charge on any atom is 0.335 e. The zero-order valence-electron chi connectivity index (χ0n) is 15.8. The van der Waals surface area contributed by atoms with Crippen LogP contribution in [0, 0.1) is 0 Å². The molecule has 146 valence electrons. The van der Waals surface area contributed by atoms with Gasteiger partial charge in [-0.25, -0.2) is 17.9 Å². The van der Waals surface area contributed by atoms with Crippen LogP contribution in [0.1, 0.15) is 55.6 Å². The van der Waals surface area contributed by atoms with Gasteiger partial charge in [-0.05, 0) is 44.0 Å². The van der Waals surface area contributed by atoms with Crippen molar-refractivity contribution in [3.8, 4) is 0 Å². The first-order valence-electron chi connectivity index (χ1n) is 8.95. The molecule has 0 heterocycles. The van der Waals surface area contributed by atoms with E-state index in [0.29, 0.717) is 5.69 Å². The lowest BCUT2D eigenvalue weighted by Crippen LogP contribution is -2.28. The maximum atomic E-state index is 13.0. The summed E-state index contributed by atoms with van der Waals surface area (Å²) in [6.45, 7) is 5.76. The summed E-state index contributed by atoms with van der Waals surface area (Å²) in [5, 5.41) is 12.4. The molecule has 0 amide bonds. The fourth-order valence-electron chi connectivity index (χ4n) is 2.87. The Morgan fingerprint density at radius 1 is 1.11 bits per heavy atom. The number of nitrogens with one attached hydrogen (secondary N) is 2. The van der Waals surface area contributed by atoms with Crippen LogP contribution in [0.25, 0.3) is 0 Å². The Hall–Kier alpha value is -2.38. The van der Waals surface area contributed by atoms with E-state index in [-0.39, 0.29) is 16.5 Å². The third-order valence-electron chi connectivity index (χ3n) is 4.27. The summed E-state index contributed by atoms with van der Waals surface area (Å²) in [5.74, 6) is -1.17. The van der Waals surface area contributed by atoms with E-state index in [1.165, 1.54) is 18.2 Å². The van der Waals surface area contributed by atoms with E-state index < -0.39 is 22.0 Å². The van der Waals surface area contributed by atoms with E-state index >= 15 is 0 Å². The minimum atomic E-state index is -3.93. The molecule has 0 spiro atoms. The molecule has 3 N–H and O–H groups in total. The lowest BCUT2D eigenvalue weighted by molar-refractivity contribution is 0.0696. The quantitative estimate of drug-likeness (QED) is 0.601. The minimum Gasteiger partial charge on any atom is -0.478 e. The van der Waals surface area contributed by atoms with Crippen molar-refractivity contribution in [2.75, 3.05) is 5.32 Å². The van der Waals surface area contributed by atoms with Gasteiger partial charge in [-0.15, -0.1) is 0 Å². The number of hydrogen-bond donors (Lipinski definition) is 3. The van der Waals surface area contributed by atoms with Gasteiger partial charge in [0.05, 0.1) is 11.3 Å². The number of sulfonamides is 1. The molecule has 0 unspecified atom stereocenters. The number of carboxylic acids is 1. The molecular formula is C20H26N2O4S. The van der Waals surface area contributed by atoms with Gasteiger partial charge in [-0.3, -0.25) is 0 Å². The van der Waals surface area contributed by atoms with Crippen molar-refractivity contribution in [1.29, 1.82) is 0 Å². The number of anilines is 1. The van der Waals surface area contributed by atoms with Gasteiger partial charge in [-0.1, -0.05) is 43.7 Å². The van der Waals surface area contributed by atoms with Gasteiger partial charge < -0.3 is 10.4 Å². The summed E-state index contributed by atoms with van der Waals surface area (Å²) in [4.78, 5) is 11.3. The van der Waals surface area contributed by atoms with E-state index in [1.54, 1.807) is 6.92 Å². The highest BCUT2D eigenvalue weighted by Crippen LogP contribution is 2.26. The van der Waals surface area contributed by atoms with Crippen molar-refractivity contribution >= 4 is 21.7 Å². The molecule has 2 atom stereocenters. The molecular weight excluding hydrogens is 364 g/mol. The monoisotopic (exact) mass is 390 g/mol. The van der Waals surface area contributed by atoms with Gasteiger partial charge in [0.25, 0.3) is 0 Å². The number of aromatic carboxylic acids is 1. The molecule has 0 saturated heterocycles. The summed E-state index contributed by atoms with van der Waals surface area (Å²) in [6, 6.07) is 12.9. The van der Waals surface area contributed by atoms with Gasteiger partial charge >= 0.3 is 5.97 Å². The minimum absolute atomic E-state index is 0.0613. The second-order valence-corrected chi connectivity index (χ2v) is 8.29. The maximum absolute atomic E-state index is 13.0. The number of carboxylic acid groups (broad SMARTS) is 1. The molecule has 0 aliphatic carbocycles. The SMILES string of the molecule is CCC[C@H](C)Nc1ccc(C(=O)O)cc1S(=O)(=O)N[C@@H](C)c1ccccc1. The molecule has 0 saturated carbocycles. The molecule has 2 aromatic carbocycles. The summed E-state index contributed by atoms with van der Waals surface area (Å²) in [7, 11) is -3.93. The van der Waals surface area contributed by atoms with E-state index in [2.05, 4.69) is 10.0 Å². The average molecular weight is 391 g/mol. The normalized spacial score (nSPS) is 13.7. The van der Waals surface area contributed by atoms with Gasteiger partial charge in [0, 0.05) is 12.1 Å². The van der Waals surface area contributed by atoms with Crippen LogP contribution in [0.15, 0.2) is 53.4 Å². The van der Waals surface area contributed by atoms with Crippen LogP contribution >= 0.6 is 0 Å². The molecule has 0 bridgehead atoms. The highest BCUT2D eigenvalue weighted by molar-refractivity contribution is 7.89. The zero-order valence-corrected chi connectivity index (χ0v) is 16.6. The predicted octanol–water partition coefficient (Wildman–Crippen LogP) is 4.02. The van der Waals surface area contributed by atoms with E-state index in [9.17, 15) is 18.3 Å². The highest BCUT2D eigenvalue weighted by Gasteiger charge is 2.24. The van der Waals surface area contributed by atoms with Gasteiger partial charge in [0.1, 0.15) is 4.90 Å². The number of carbonyl (C=O) groups is 1. The second-order valence-electron chi connectivity index (χ2n) is 6.60. The second kappa shape index (κ2) is 9.01. The van der Waals surface area contributed by atoms with Crippen LogP contribution in [0.2, 0.25) is 0 Å². The average Bonchev–Trinajstić information content (AvgIpc) is 2.62. The molecule has 0 aliphatic heterocycles. The van der Waals surface area contributed by atoms with Crippen molar-refractivity contribution in [3.05, 3.63) is 59.7 Å². The van der Waals surface area contributed by atoms with Crippen molar-refractivity contribution in [2.24, 2.45) is 0 Å². The van der Waals surface area contributed by atoms with Crippen LogP contribution in [0.5, 0.6) is 0 Å². The van der Waals surface area contributed by atoms with Crippen LogP contribution in [0.4, 0.5) is 5.69 Å². The fourth-order valence-corrected chi connectivity index (χ4v) is 4.30. The van der Waals surface area contributed by atoms with Gasteiger partial charge in [0.2, 0.25) is 10.0 Å². The standard InChI is InChI=1S/C20H26N2O4S/c1-4-8-14(2)21-18-12-11-17(20(23)24)13-19(18)27(25,26)22-15(3)16-9-6-5-7-10-16/h5-7,9-15,21-22H,4,8H2,1-3H3,(H,23,24)/t14-,15-/m0/s1. The first kappa shape index (κ1) is 20.9. The van der Waals surface area contributed by atoms with Crippen LogP contribution < -0.4 is 10.0 Å². The number of benzene rings is 2. The van der Waals surface area contributed by atoms with Crippen LogP contribution in [-0.2, 0) is 10.0 Å². The molecule has 6 nitrogen and oxygen atoms in total. The smallest absolute Gasteiger partial charge is 0.335 e. The molecule has 0 fully saturated rings. The Morgan fingerprint density at radius 3 is 2.37 bits per heavy atom. The first-order valence-corrected chi connectivity index (χ1v) is 10.4. The molecule has 0 radical (unpaired) electrons. The Bertz CT molecular complexity index is 882. The largest absolute Gasteiger partial charge is 0.478 e. The Labute approximate surface area is 160 Å². The Kier molecular flexibility index (Phi) is 6.98. The van der Waals surface area contributed by atoms with Gasteiger partial charge in [0.15, 0.2) is 0 Å². The van der Waals surface area contributed by atoms with Crippen LogP contribution in [0.3, 0.4) is 0 Å². The first-order chi connectivity index (χ1) is 12.7. The van der Waals surface area contributed by atoms with E-state index in [4.69, 9.17) is 0 Å². The van der Waals surface area contributed by atoms with Gasteiger partial charge in [-0.2, -0.15) is 0 Å². The van der Waals surface area contributed by atoms with Crippen molar-refractivity contribution in [2.45, 2.75) is 50.6 Å². The van der Waals surface area contributed by atoms with Crippen molar-refractivity contribution in [1.82, 2.24) is 4.72 Å².